The molecule has 0 saturated carbocycles. The summed E-state index contributed by atoms with van der Waals surface area (Å²) < 4.78 is 8.43. The van der Waals surface area contributed by atoms with Gasteiger partial charge in [0.25, 0.3) is 0 Å². The maximum atomic E-state index is 12.6. The number of fused-ring (bicyclic) bond motifs is 2. The predicted molar refractivity (Wildman–Crippen MR) is 122 cm³/mol. The molecular formula is C24H20N4O2S. The Bertz CT molecular complexity index is 1360. The standard InChI is InChI=1S/C24H20N4O2S/c1-4-10-30-17-7-5-6-16(12-17)18-13-21(29)26-23-22(18)15(3)27-28(23)24-25-19-9-8-14(2)11-20(19)31-24/h1,5-9,11-12,18H,10,13H2,2-3H3,(H,26,29)/t18-/m0/s1. The number of nitrogens with zero attached hydrogens (tertiary/aromatic N) is 3. The largest absolute Gasteiger partial charge is 0.481 e. The van der Waals surface area contributed by atoms with E-state index >= 15 is 0 Å². The Labute approximate surface area is 183 Å². The van der Waals surface area contributed by atoms with Gasteiger partial charge < -0.3 is 10.1 Å². The van der Waals surface area contributed by atoms with E-state index in [1.165, 1.54) is 5.56 Å². The molecule has 154 valence electrons. The molecule has 31 heavy (non-hydrogen) atoms. The van der Waals surface area contributed by atoms with Gasteiger partial charge in [0.2, 0.25) is 11.0 Å². The van der Waals surface area contributed by atoms with Crippen LogP contribution in [0.5, 0.6) is 5.75 Å². The second-order valence-corrected chi connectivity index (χ2v) is 8.61. The van der Waals surface area contributed by atoms with Crippen LogP contribution in [0.15, 0.2) is 42.5 Å². The van der Waals surface area contributed by atoms with Crippen molar-refractivity contribution in [2.24, 2.45) is 0 Å². The second kappa shape index (κ2) is 7.56. The van der Waals surface area contributed by atoms with Gasteiger partial charge in [-0.05, 0) is 49.2 Å². The highest BCUT2D eigenvalue weighted by atomic mass is 32.1. The average Bonchev–Trinajstić information content (AvgIpc) is 3.32. The summed E-state index contributed by atoms with van der Waals surface area (Å²) in [6, 6.07) is 13.9. The van der Waals surface area contributed by atoms with Crippen LogP contribution in [0.4, 0.5) is 5.82 Å². The normalized spacial score (nSPS) is 15.4. The van der Waals surface area contributed by atoms with Gasteiger partial charge >= 0.3 is 0 Å². The summed E-state index contributed by atoms with van der Waals surface area (Å²) in [6.45, 7) is 4.23. The summed E-state index contributed by atoms with van der Waals surface area (Å²) in [5, 5.41) is 8.51. The highest BCUT2D eigenvalue weighted by molar-refractivity contribution is 7.20. The molecule has 0 aliphatic carbocycles. The topological polar surface area (TPSA) is 69.0 Å². The van der Waals surface area contributed by atoms with Crippen molar-refractivity contribution in [2.45, 2.75) is 26.2 Å². The lowest BCUT2D eigenvalue weighted by Crippen LogP contribution is -2.25. The molecule has 5 rings (SSSR count). The summed E-state index contributed by atoms with van der Waals surface area (Å²) in [6.07, 6.45) is 5.65. The molecule has 0 bridgehead atoms. The number of terminal acetylenes is 1. The molecule has 4 aromatic rings. The third-order valence-electron chi connectivity index (χ3n) is 5.40. The van der Waals surface area contributed by atoms with E-state index in [2.05, 4.69) is 24.2 Å². The van der Waals surface area contributed by atoms with Gasteiger partial charge in [-0.15, -0.1) is 6.42 Å². The number of aromatic nitrogens is 3. The number of carbonyl (C=O) groups excluding carboxylic acids is 1. The maximum Gasteiger partial charge on any atom is 0.226 e. The summed E-state index contributed by atoms with van der Waals surface area (Å²) >= 11 is 1.56. The van der Waals surface area contributed by atoms with Crippen molar-refractivity contribution >= 4 is 33.3 Å². The van der Waals surface area contributed by atoms with E-state index in [4.69, 9.17) is 21.2 Å². The summed E-state index contributed by atoms with van der Waals surface area (Å²) in [5.41, 5.74) is 4.97. The highest BCUT2D eigenvalue weighted by Gasteiger charge is 2.33. The van der Waals surface area contributed by atoms with Crippen LogP contribution in [-0.2, 0) is 4.79 Å². The second-order valence-electron chi connectivity index (χ2n) is 7.60. The number of rotatable bonds is 4. The number of amides is 1. The molecule has 0 radical (unpaired) electrons. The number of hydrogen-bond acceptors (Lipinski definition) is 5. The molecule has 3 heterocycles. The average molecular weight is 429 g/mol. The number of hydrogen-bond donors (Lipinski definition) is 1. The summed E-state index contributed by atoms with van der Waals surface area (Å²) in [5.74, 6) is 3.68. The Morgan fingerprint density at radius 3 is 3.00 bits per heavy atom. The Morgan fingerprint density at radius 1 is 1.29 bits per heavy atom. The monoisotopic (exact) mass is 428 g/mol. The Morgan fingerprint density at radius 2 is 2.16 bits per heavy atom. The zero-order valence-electron chi connectivity index (χ0n) is 17.2. The van der Waals surface area contributed by atoms with Crippen molar-refractivity contribution in [1.29, 1.82) is 0 Å². The van der Waals surface area contributed by atoms with E-state index in [9.17, 15) is 4.79 Å². The van der Waals surface area contributed by atoms with E-state index in [-0.39, 0.29) is 18.4 Å². The molecule has 0 unspecified atom stereocenters. The van der Waals surface area contributed by atoms with Crippen LogP contribution in [0, 0.1) is 26.2 Å². The minimum absolute atomic E-state index is 0.0504. The van der Waals surface area contributed by atoms with Crippen molar-refractivity contribution in [3.05, 3.63) is 64.8 Å². The quantitative estimate of drug-likeness (QED) is 0.483. The van der Waals surface area contributed by atoms with E-state index in [1.807, 2.05) is 43.3 Å². The Hall–Kier alpha value is -3.63. The van der Waals surface area contributed by atoms with E-state index in [1.54, 1.807) is 16.0 Å². The first-order valence-corrected chi connectivity index (χ1v) is 10.8. The Balaban J connectivity index is 1.60. The molecule has 2 aromatic carbocycles. The van der Waals surface area contributed by atoms with Crippen LogP contribution < -0.4 is 10.1 Å². The molecule has 1 N–H and O–H groups in total. The maximum absolute atomic E-state index is 12.6. The molecular weight excluding hydrogens is 408 g/mol. The SMILES string of the molecule is C#CCOc1cccc([C@@H]2CC(=O)Nc3c2c(C)nn3-c2nc3ccc(C)cc3s2)c1. The number of thiazole rings is 1. The number of carbonyl (C=O) groups is 1. The molecule has 1 amide bonds. The molecule has 0 spiro atoms. The number of ether oxygens (including phenoxy) is 1. The fourth-order valence-corrected chi connectivity index (χ4v) is 5.05. The fraction of sp³-hybridized carbons (Fsp3) is 0.208. The number of benzene rings is 2. The lowest BCUT2D eigenvalue weighted by molar-refractivity contribution is -0.116. The van der Waals surface area contributed by atoms with E-state index in [0.29, 0.717) is 18.0 Å². The van der Waals surface area contributed by atoms with Gasteiger partial charge in [-0.2, -0.15) is 9.78 Å². The first-order valence-electron chi connectivity index (χ1n) is 9.96. The van der Waals surface area contributed by atoms with Crippen molar-refractivity contribution in [3.8, 4) is 23.2 Å². The third-order valence-corrected chi connectivity index (χ3v) is 6.39. The van der Waals surface area contributed by atoms with E-state index in [0.717, 1.165) is 32.2 Å². The van der Waals surface area contributed by atoms with Crippen LogP contribution in [0.3, 0.4) is 0 Å². The number of nitrogens with one attached hydrogen (secondary N) is 1. The molecule has 2 aromatic heterocycles. The fourth-order valence-electron chi connectivity index (χ4n) is 4.03. The highest BCUT2D eigenvalue weighted by Crippen LogP contribution is 2.41. The van der Waals surface area contributed by atoms with Crippen molar-refractivity contribution < 1.29 is 9.53 Å². The van der Waals surface area contributed by atoms with Crippen LogP contribution in [0.1, 0.15) is 34.7 Å². The number of aryl methyl sites for hydroxylation is 2. The van der Waals surface area contributed by atoms with Crippen molar-refractivity contribution in [2.75, 3.05) is 11.9 Å². The third kappa shape index (κ3) is 3.45. The first kappa shape index (κ1) is 19.3. The number of anilines is 1. The molecule has 1 aliphatic heterocycles. The van der Waals surface area contributed by atoms with Crippen LogP contribution in [0.25, 0.3) is 15.3 Å². The van der Waals surface area contributed by atoms with Gasteiger partial charge in [-0.1, -0.05) is 35.5 Å². The Kier molecular flexibility index (Phi) is 4.72. The molecule has 6 nitrogen and oxygen atoms in total. The lowest BCUT2D eigenvalue weighted by Gasteiger charge is -2.24. The minimum atomic E-state index is -0.122. The van der Waals surface area contributed by atoms with Crippen LogP contribution in [0.2, 0.25) is 0 Å². The molecule has 0 fully saturated rings. The molecule has 7 heteroatoms. The zero-order chi connectivity index (χ0) is 21.5. The van der Waals surface area contributed by atoms with Gasteiger partial charge in [0.15, 0.2) is 0 Å². The lowest BCUT2D eigenvalue weighted by atomic mass is 9.86. The van der Waals surface area contributed by atoms with Gasteiger partial charge in [-0.3, -0.25) is 4.79 Å². The van der Waals surface area contributed by atoms with Crippen molar-refractivity contribution in [1.82, 2.24) is 14.8 Å². The molecule has 1 aliphatic rings. The zero-order valence-corrected chi connectivity index (χ0v) is 18.0. The summed E-state index contributed by atoms with van der Waals surface area (Å²) in [7, 11) is 0. The smallest absolute Gasteiger partial charge is 0.226 e. The van der Waals surface area contributed by atoms with Gasteiger partial charge in [-0.25, -0.2) is 4.98 Å². The molecule has 1 atom stereocenters. The van der Waals surface area contributed by atoms with Gasteiger partial charge in [0.1, 0.15) is 18.2 Å². The van der Waals surface area contributed by atoms with E-state index < -0.39 is 0 Å². The van der Waals surface area contributed by atoms with Crippen molar-refractivity contribution in [3.63, 3.8) is 0 Å². The minimum Gasteiger partial charge on any atom is -0.481 e. The van der Waals surface area contributed by atoms with Crippen LogP contribution in [-0.4, -0.2) is 27.3 Å². The van der Waals surface area contributed by atoms with Crippen LogP contribution >= 0.6 is 11.3 Å². The molecule has 0 saturated heterocycles. The first-order chi connectivity index (χ1) is 15.0. The predicted octanol–water partition coefficient (Wildman–Crippen LogP) is 4.58. The summed E-state index contributed by atoms with van der Waals surface area (Å²) in [4.78, 5) is 17.4. The van der Waals surface area contributed by atoms with Gasteiger partial charge in [0.05, 0.1) is 15.9 Å². The van der Waals surface area contributed by atoms with Gasteiger partial charge in [0, 0.05) is 17.9 Å².